The molecule has 0 bridgehead atoms. The van der Waals surface area contributed by atoms with E-state index in [4.69, 9.17) is 21.3 Å². The molecule has 0 aliphatic heterocycles. The van der Waals surface area contributed by atoms with Crippen molar-refractivity contribution in [1.82, 2.24) is 9.97 Å². The summed E-state index contributed by atoms with van der Waals surface area (Å²) in [6.07, 6.45) is 1.97. The number of anilines is 1. The second kappa shape index (κ2) is 8.81. The van der Waals surface area contributed by atoms with Gasteiger partial charge in [-0.2, -0.15) is 0 Å². The van der Waals surface area contributed by atoms with Crippen molar-refractivity contribution < 1.29 is 9.53 Å². The molecule has 5 nitrogen and oxygen atoms in total. The molecule has 0 radical (unpaired) electrons. The van der Waals surface area contributed by atoms with Gasteiger partial charge in [-0.25, -0.2) is 4.98 Å². The Balaban J connectivity index is 1.69. The number of halogens is 1. The van der Waals surface area contributed by atoms with E-state index in [9.17, 15) is 4.79 Å². The lowest BCUT2D eigenvalue weighted by atomic mass is 10.1. The average Bonchev–Trinajstić information content (AvgIpc) is 3.22. The molecule has 152 valence electrons. The zero-order valence-electron chi connectivity index (χ0n) is 16.6. The maximum absolute atomic E-state index is 13.3. The number of hydrogen-bond acceptors (Lipinski definition) is 5. The molecule has 0 saturated heterocycles. The second-order valence-electron chi connectivity index (χ2n) is 6.86. The summed E-state index contributed by atoms with van der Waals surface area (Å²) in [7, 11) is 1.62. The van der Waals surface area contributed by atoms with Crippen LogP contribution in [-0.2, 0) is 17.8 Å². The van der Waals surface area contributed by atoms with Crippen molar-refractivity contribution >= 4 is 44.2 Å². The number of amides is 1. The van der Waals surface area contributed by atoms with Gasteiger partial charge in [0.2, 0.25) is 5.91 Å². The van der Waals surface area contributed by atoms with Crippen LogP contribution in [0.5, 0.6) is 5.75 Å². The summed E-state index contributed by atoms with van der Waals surface area (Å²) >= 11 is 7.81. The van der Waals surface area contributed by atoms with E-state index in [0.29, 0.717) is 16.7 Å². The molecular weight excluding hydrogens is 418 g/mol. The lowest BCUT2D eigenvalue weighted by Crippen LogP contribution is -2.32. The highest BCUT2D eigenvalue weighted by Gasteiger charge is 2.22. The summed E-state index contributed by atoms with van der Waals surface area (Å²) in [5.74, 6) is 0.700. The number of hydrogen-bond donors (Lipinski definition) is 0. The van der Waals surface area contributed by atoms with Gasteiger partial charge in [-0.15, -0.1) is 0 Å². The molecule has 0 atom stereocenters. The number of methoxy groups -OCH3 is 1. The first-order valence-corrected chi connectivity index (χ1v) is 10.6. The van der Waals surface area contributed by atoms with Gasteiger partial charge in [-0.1, -0.05) is 47.2 Å². The summed E-state index contributed by atoms with van der Waals surface area (Å²) in [5, 5.41) is 1.25. The van der Waals surface area contributed by atoms with Gasteiger partial charge in [0.05, 0.1) is 41.0 Å². The Labute approximate surface area is 183 Å². The molecule has 2 aromatic heterocycles. The Morgan fingerprint density at radius 1 is 1.13 bits per heavy atom. The molecule has 1 amide bonds. The minimum absolute atomic E-state index is 0.0568. The van der Waals surface area contributed by atoms with Gasteiger partial charge in [-0.3, -0.25) is 14.7 Å². The van der Waals surface area contributed by atoms with Gasteiger partial charge in [0, 0.05) is 6.20 Å². The van der Waals surface area contributed by atoms with E-state index in [1.165, 1.54) is 11.3 Å². The fourth-order valence-corrected chi connectivity index (χ4v) is 4.47. The van der Waals surface area contributed by atoms with Crippen LogP contribution in [0.1, 0.15) is 16.8 Å². The van der Waals surface area contributed by atoms with Crippen LogP contribution >= 0.6 is 22.9 Å². The van der Waals surface area contributed by atoms with Crippen molar-refractivity contribution in [2.75, 3.05) is 12.0 Å². The molecule has 0 N–H and O–H groups in total. The summed E-state index contributed by atoms with van der Waals surface area (Å²) < 4.78 is 6.09. The average molecular weight is 438 g/mol. The Morgan fingerprint density at radius 2 is 1.93 bits per heavy atom. The Morgan fingerprint density at radius 3 is 2.60 bits per heavy atom. The number of fused-ring (bicyclic) bond motifs is 1. The van der Waals surface area contributed by atoms with Crippen LogP contribution in [0, 0.1) is 6.92 Å². The van der Waals surface area contributed by atoms with Crippen LogP contribution in [0.25, 0.3) is 10.2 Å². The van der Waals surface area contributed by atoms with Crippen LogP contribution in [-0.4, -0.2) is 23.0 Å². The maximum Gasteiger partial charge on any atom is 0.233 e. The summed E-state index contributed by atoms with van der Waals surface area (Å²) in [5.41, 5.74) is 3.55. The van der Waals surface area contributed by atoms with Gasteiger partial charge in [-0.05, 0) is 48.4 Å². The van der Waals surface area contributed by atoms with E-state index in [2.05, 4.69) is 4.98 Å². The first-order chi connectivity index (χ1) is 14.5. The highest BCUT2D eigenvalue weighted by molar-refractivity contribution is 7.23. The van der Waals surface area contributed by atoms with Gasteiger partial charge >= 0.3 is 0 Å². The predicted molar refractivity (Wildman–Crippen MR) is 121 cm³/mol. The summed E-state index contributed by atoms with van der Waals surface area (Å²) in [4.78, 5) is 24.1. The van der Waals surface area contributed by atoms with Gasteiger partial charge < -0.3 is 4.74 Å². The molecule has 0 aliphatic rings. The normalized spacial score (nSPS) is 10.9. The largest absolute Gasteiger partial charge is 0.497 e. The van der Waals surface area contributed by atoms with Crippen molar-refractivity contribution in [2.24, 2.45) is 0 Å². The molecule has 0 aliphatic carbocycles. The smallest absolute Gasteiger partial charge is 0.233 e. The number of carbonyl (C=O) groups excluding carboxylic acids is 1. The zero-order valence-corrected chi connectivity index (χ0v) is 18.2. The van der Waals surface area contributed by atoms with Crippen molar-refractivity contribution in [1.29, 1.82) is 0 Å². The van der Waals surface area contributed by atoms with E-state index in [1.54, 1.807) is 18.2 Å². The van der Waals surface area contributed by atoms with Crippen LogP contribution in [0.3, 0.4) is 0 Å². The number of ether oxygens (including phenoxy) is 1. The number of benzene rings is 2. The van der Waals surface area contributed by atoms with Crippen LogP contribution in [0.4, 0.5) is 5.13 Å². The molecule has 4 rings (SSSR count). The number of aromatic nitrogens is 2. The molecule has 0 saturated carbocycles. The van der Waals surface area contributed by atoms with E-state index in [1.807, 2.05) is 61.5 Å². The molecule has 2 heterocycles. The minimum Gasteiger partial charge on any atom is -0.497 e. The lowest BCUT2D eigenvalue weighted by Gasteiger charge is -2.19. The quantitative estimate of drug-likeness (QED) is 0.403. The zero-order chi connectivity index (χ0) is 21.1. The van der Waals surface area contributed by atoms with Crippen LogP contribution < -0.4 is 9.64 Å². The molecule has 30 heavy (non-hydrogen) atoms. The van der Waals surface area contributed by atoms with Crippen molar-refractivity contribution in [3.8, 4) is 5.75 Å². The highest BCUT2D eigenvalue weighted by atomic mass is 35.5. The van der Waals surface area contributed by atoms with Crippen molar-refractivity contribution in [3.05, 3.63) is 82.6 Å². The van der Waals surface area contributed by atoms with Gasteiger partial charge in [0.15, 0.2) is 5.13 Å². The van der Waals surface area contributed by atoms with Gasteiger partial charge in [0.25, 0.3) is 0 Å². The predicted octanol–water partition coefficient (Wildman–Crippen LogP) is 5.44. The number of nitrogens with zero attached hydrogens (tertiary/aromatic N) is 3. The Kier molecular flexibility index (Phi) is 5.97. The molecule has 2 aromatic carbocycles. The topological polar surface area (TPSA) is 55.3 Å². The van der Waals surface area contributed by atoms with Gasteiger partial charge in [0.1, 0.15) is 5.75 Å². The first-order valence-electron chi connectivity index (χ1n) is 9.44. The van der Waals surface area contributed by atoms with E-state index in [0.717, 1.165) is 32.8 Å². The number of carbonyl (C=O) groups is 1. The number of pyridine rings is 1. The first kappa shape index (κ1) is 20.3. The number of rotatable bonds is 6. The SMILES string of the molecule is COc1ccc(CC(=O)N(Cc2ccccn2)c2nc3c(C)ccc(Cl)c3s2)cc1. The van der Waals surface area contributed by atoms with Crippen molar-refractivity contribution in [3.63, 3.8) is 0 Å². The monoisotopic (exact) mass is 437 g/mol. The maximum atomic E-state index is 13.3. The number of thiazole rings is 1. The molecule has 0 unspecified atom stereocenters. The Hall–Kier alpha value is -2.96. The third-order valence-corrected chi connectivity index (χ3v) is 6.32. The van der Waals surface area contributed by atoms with E-state index in [-0.39, 0.29) is 12.3 Å². The molecular formula is C23H20ClN3O2S. The van der Waals surface area contributed by atoms with E-state index < -0.39 is 0 Å². The Bertz CT molecular complexity index is 1140. The molecule has 7 heteroatoms. The standard InChI is InChI=1S/C23H20ClN3O2S/c1-15-6-11-19(24)22-21(15)26-23(30-22)27(14-17-5-3-4-12-25-17)20(28)13-16-7-9-18(29-2)10-8-16/h3-12H,13-14H2,1-2H3. The molecule has 4 aromatic rings. The van der Waals surface area contributed by atoms with Crippen molar-refractivity contribution in [2.45, 2.75) is 19.9 Å². The second-order valence-corrected chi connectivity index (χ2v) is 8.25. The molecule has 0 spiro atoms. The van der Waals surface area contributed by atoms with Crippen LogP contribution in [0.15, 0.2) is 60.8 Å². The fraction of sp³-hybridized carbons (Fsp3) is 0.174. The third kappa shape index (κ3) is 4.30. The van der Waals surface area contributed by atoms with Crippen LogP contribution in [0.2, 0.25) is 5.02 Å². The highest BCUT2D eigenvalue weighted by Crippen LogP contribution is 2.36. The molecule has 0 fully saturated rings. The summed E-state index contributed by atoms with van der Waals surface area (Å²) in [6.45, 7) is 2.33. The summed E-state index contributed by atoms with van der Waals surface area (Å²) in [6, 6.07) is 17.0. The van der Waals surface area contributed by atoms with E-state index >= 15 is 0 Å². The number of aryl methyl sites for hydroxylation is 1. The lowest BCUT2D eigenvalue weighted by molar-refractivity contribution is -0.118. The minimum atomic E-state index is -0.0568. The fourth-order valence-electron chi connectivity index (χ4n) is 3.14. The third-order valence-electron chi connectivity index (χ3n) is 4.78.